The van der Waals surface area contributed by atoms with Crippen molar-refractivity contribution in [2.75, 3.05) is 6.61 Å². The number of benzene rings is 1. The van der Waals surface area contributed by atoms with Gasteiger partial charge in [-0.05, 0) is 20.8 Å². The molecule has 1 unspecified atom stereocenters. The standard InChI is InChI=1S/C12H18O3/c1-4-15-12(14,11(2,3)13)10-8-6-5-7-9-10/h5-9,13-14H,4H2,1-3H3. The highest BCUT2D eigenvalue weighted by Gasteiger charge is 2.44. The number of hydrogen-bond donors (Lipinski definition) is 2. The molecule has 0 aliphatic rings. The van der Waals surface area contributed by atoms with Crippen molar-refractivity contribution in [1.82, 2.24) is 0 Å². The van der Waals surface area contributed by atoms with Crippen molar-refractivity contribution in [2.24, 2.45) is 0 Å². The lowest BCUT2D eigenvalue weighted by atomic mass is 9.90. The van der Waals surface area contributed by atoms with Gasteiger partial charge in [-0.25, -0.2) is 0 Å². The summed E-state index contributed by atoms with van der Waals surface area (Å²) in [6.45, 7) is 5.15. The van der Waals surface area contributed by atoms with Gasteiger partial charge >= 0.3 is 0 Å². The molecule has 0 fully saturated rings. The Morgan fingerprint density at radius 3 is 2.07 bits per heavy atom. The Morgan fingerprint density at radius 1 is 1.13 bits per heavy atom. The summed E-state index contributed by atoms with van der Waals surface area (Å²) in [5.74, 6) is -1.66. The number of rotatable bonds is 4. The topological polar surface area (TPSA) is 49.7 Å². The van der Waals surface area contributed by atoms with Crippen LogP contribution in [-0.4, -0.2) is 22.4 Å². The van der Waals surface area contributed by atoms with E-state index in [1.54, 1.807) is 31.2 Å². The van der Waals surface area contributed by atoms with Crippen LogP contribution in [-0.2, 0) is 10.5 Å². The zero-order valence-corrected chi connectivity index (χ0v) is 9.40. The second kappa shape index (κ2) is 4.31. The van der Waals surface area contributed by atoms with Gasteiger partial charge < -0.3 is 14.9 Å². The van der Waals surface area contributed by atoms with Crippen LogP contribution >= 0.6 is 0 Å². The summed E-state index contributed by atoms with van der Waals surface area (Å²) in [6.07, 6.45) is 0. The molecule has 1 aromatic rings. The van der Waals surface area contributed by atoms with E-state index in [1.807, 2.05) is 6.07 Å². The van der Waals surface area contributed by atoms with Gasteiger partial charge in [0, 0.05) is 12.2 Å². The Labute approximate surface area is 90.3 Å². The predicted octanol–water partition coefficient (Wildman–Crippen LogP) is 1.64. The average molecular weight is 210 g/mol. The smallest absolute Gasteiger partial charge is 0.221 e. The molecule has 0 saturated carbocycles. The molecule has 0 spiro atoms. The van der Waals surface area contributed by atoms with Crippen LogP contribution in [0.2, 0.25) is 0 Å². The predicted molar refractivity (Wildman–Crippen MR) is 58.3 cm³/mol. The van der Waals surface area contributed by atoms with Gasteiger partial charge in [-0.3, -0.25) is 0 Å². The van der Waals surface area contributed by atoms with Crippen molar-refractivity contribution in [2.45, 2.75) is 32.2 Å². The lowest BCUT2D eigenvalue weighted by Gasteiger charge is -2.38. The first-order chi connectivity index (χ1) is 6.92. The molecule has 1 atom stereocenters. The van der Waals surface area contributed by atoms with Crippen molar-refractivity contribution in [3.05, 3.63) is 35.9 Å². The molecule has 0 aromatic heterocycles. The largest absolute Gasteiger partial charge is 0.384 e. The number of hydrogen-bond acceptors (Lipinski definition) is 3. The first-order valence-corrected chi connectivity index (χ1v) is 5.06. The highest BCUT2D eigenvalue weighted by atomic mass is 16.6. The first kappa shape index (κ1) is 12.2. The van der Waals surface area contributed by atoms with Crippen molar-refractivity contribution in [3.63, 3.8) is 0 Å². The second-order valence-corrected chi connectivity index (χ2v) is 4.00. The Bertz CT molecular complexity index is 302. The molecule has 15 heavy (non-hydrogen) atoms. The lowest BCUT2D eigenvalue weighted by Crippen LogP contribution is -2.49. The molecule has 3 nitrogen and oxygen atoms in total. The van der Waals surface area contributed by atoms with E-state index in [0.717, 1.165) is 0 Å². The molecule has 1 aromatic carbocycles. The van der Waals surface area contributed by atoms with Crippen LogP contribution in [0.1, 0.15) is 26.3 Å². The molecule has 0 heterocycles. The number of ether oxygens (including phenoxy) is 1. The van der Waals surface area contributed by atoms with Crippen LogP contribution in [0.5, 0.6) is 0 Å². The fourth-order valence-electron chi connectivity index (χ4n) is 1.49. The molecule has 0 aliphatic heterocycles. The van der Waals surface area contributed by atoms with Gasteiger partial charge in [-0.2, -0.15) is 0 Å². The Hall–Kier alpha value is -0.900. The zero-order valence-electron chi connectivity index (χ0n) is 9.40. The molecule has 84 valence electrons. The van der Waals surface area contributed by atoms with E-state index >= 15 is 0 Å². The highest BCUT2D eigenvalue weighted by Crippen LogP contribution is 2.33. The van der Waals surface area contributed by atoms with Gasteiger partial charge in [0.1, 0.15) is 5.60 Å². The quantitative estimate of drug-likeness (QED) is 0.743. The van der Waals surface area contributed by atoms with Gasteiger partial charge in [-0.1, -0.05) is 30.3 Å². The highest BCUT2D eigenvalue weighted by molar-refractivity contribution is 5.22. The summed E-state index contributed by atoms with van der Waals surface area (Å²) >= 11 is 0. The van der Waals surface area contributed by atoms with Crippen molar-refractivity contribution < 1.29 is 14.9 Å². The Balaban J connectivity index is 3.13. The summed E-state index contributed by atoms with van der Waals surface area (Å²) < 4.78 is 5.29. The minimum atomic E-state index is -1.66. The van der Waals surface area contributed by atoms with Gasteiger partial charge in [0.05, 0.1) is 0 Å². The van der Waals surface area contributed by atoms with E-state index in [-0.39, 0.29) is 0 Å². The third kappa shape index (κ3) is 2.37. The Kier molecular flexibility index (Phi) is 3.50. The van der Waals surface area contributed by atoms with E-state index in [0.29, 0.717) is 12.2 Å². The fraction of sp³-hybridized carbons (Fsp3) is 0.500. The molecule has 2 N–H and O–H groups in total. The zero-order chi connectivity index (χ0) is 11.5. The summed E-state index contributed by atoms with van der Waals surface area (Å²) in [5.41, 5.74) is -0.802. The van der Waals surface area contributed by atoms with Crippen LogP contribution in [0.4, 0.5) is 0 Å². The lowest BCUT2D eigenvalue weighted by molar-refractivity contribution is -0.297. The van der Waals surface area contributed by atoms with E-state index < -0.39 is 11.4 Å². The maximum absolute atomic E-state index is 10.3. The molecule has 0 bridgehead atoms. The third-order valence-electron chi connectivity index (χ3n) is 2.35. The van der Waals surface area contributed by atoms with Crippen molar-refractivity contribution in [1.29, 1.82) is 0 Å². The molecule has 0 saturated heterocycles. The van der Waals surface area contributed by atoms with Crippen LogP contribution in [0.15, 0.2) is 30.3 Å². The van der Waals surface area contributed by atoms with Gasteiger partial charge in [-0.15, -0.1) is 0 Å². The summed E-state index contributed by atoms with van der Waals surface area (Å²) in [5, 5.41) is 20.3. The molecule has 3 heteroatoms. The first-order valence-electron chi connectivity index (χ1n) is 5.06. The third-order valence-corrected chi connectivity index (χ3v) is 2.35. The summed E-state index contributed by atoms with van der Waals surface area (Å²) in [7, 11) is 0. The van der Waals surface area contributed by atoms with E-state index in [9.17, 15) is 10.2 Å². The monoisotopic (exact) mass is 210 g/mol. The second-order valence-electron chi connectivity index (χ2n) is 4.00. The van der Waals surface area contributed by atoms with Crippen molar-refractivity contribution >= 4 is 0 Å². The van der Waals surface area contributed by atoms with Crippen LogP contribution in [0, 0.1) is 0 Å². The average Bonchev–Trinajstić information content (AvgIpc) is 2.18. The number of aliphatic hydroxyl groups is 2. The van der Waals surface area contributed by atoms with Crippen LogP contribution < -0.4 is 0 Å². The van der Waals surface area contributed by atoms with E-state index in [1.165, 1.54) is 13.8 Å². The maximum Gasteiger partial charge on any atom is 0.221 e. The molecule has 1 rings (SSSR count). The molecule has 0 amide bonds. The van der Waals surface area contributed by atoms with Crippen molar-refractivity contribution in [3.8, 4) is 0 Å². The van der Waals surface area contributed by atoms with Gasteiger partial charge in [0.2, 0.25) is 5.79 Å². The minimum absolute atomic E-state index is 0.329. The Morgan fingerprint density at radius 2 is 1.67 bits per heavy atom. The summed E-state index contributed by atoms with van der Waals surface area (Å²) in [6, 6.07) is 8.90. The SMILES string of the molecule is CCOC(O)(c1ccccc1)C(C)(C)O. The molecular weight excluding hydrogens is 192 g/mol. The minimum Gasteiger partial charge on any atom is -0.384 e. The van der Waals surface area contributed by atoms with Crippen LogP contribution in [0.3, 0.4) is 0 Å². The van der Waals surface area contributed by atoms with E-state index in [2.05, 4.69) is 0 Å². The normalized spacial score (nSPS) is 16.1. The molecule has 0 radical (unpaired) electrons. The fourth-order valence-corrected chi connectivity index (χ4v) is 1.49. The molecular formula is C12H18O3. The maximum atomic E-state index is 10.3. The molecule has 0 aliphatic carbocycles. The van der Waals surface area contributed by atoms with Crippen LogP contribution in [0.25, 0.3) is 0 Å². The van der Waals surface area contributed by atoms with Gasteiger partial charge in [0.25, 0.3) is 0 Å². The summed E-state index contributed by atoms with van der Waals surface area (Å²) in [4.78, 5) is 0. The van der Waals surface area contributed by atoms with E-state index in [4.69, 9.17) is 4.74 Å². The van der Waals surface area contributed by atoms with Gasteiger partial charge in [0.15, 0.2) is 0 Å².